The van der Waals surface area contributed by atoms with E-state index in [0.29, 0.717) is 35.7 Å². The van der Waals surface area contributed by atoms with E-state index in [-0.39, 0.29) is 23.6 Å². The average molecular weight is 610 g/mol. The van der Waals surface area contributed by atoms with Gasteiger partial charge in [0.05, 0.1) is 29.7 Å². The number of esters is 1. The Kier molecular flexibility index (Phi) is 9.25. The molecular formula is C30H38Cl2N2O5S. The molecule has 5 atom stereocenters. The molecule has 2 aromatic rings. The second-order valence-corrected chi connectivity index (χ2v) is 14.5. The van der Waals surface area contributed by atoms with Gasteiger partial charge in [0.1, 0.15) is 0 Å². The van der Waals surface area contributed by atoms with E-state index in [1.807, 2.05) is 49.1 Å². The lowest BCUT2D eigenvalue weighted by molar-refractivity contribution is -0.168. The minimum Gasteiger partial charge on any atom is -0.469 e. The maximum Gasteiger partial charge on any atom is 0.309 e. The van der Waals surface area contributed by atoms with E-state index in [2.05, 4.69) is 0 Å². The minimum atomic E-state index is -3.46. The van der Waals surface area contributed by atoms with Crippen LogP contribution in [0.5, 0.6) is 0 Å². The first kappa shape index (κ1) is 30.8. The monoisotopic (exact) mass is 608 g/mol. The van der Waals surface area contributed by atoms with Gasteiger partial charge in [-0.15, -0.1) is 0 Å². The summed E-state index contributed by atoms with van der Waals surface area (Å²) in [6.07, 6.45) is 2.21. The summed E-state index contributed by atoms with van der Waals surface area (Å²) < 4.78 is 32.7. The van der Waals surface area contributed by atoms with E-state index in [9.17, 15) is 18.0 Å². The number of sulfonamides is 1. The van der Waals surface area contributed by atoms with Crippen molar-refractivity contribution in [1.29, 1.82) is 0 Å². The fourth-order valence-electron chi connectivity index (χ4n) is 5.99. The highest BCUT2D eigenvalue weighted by Gasteiger charge is 2.55. The van der Waals surface area contributed by atoms with Gasteiger partial charge >= 0.3 is 5.97 Å². The molecule has 1 saturated heterocycles. The van der Waals surface area contributed by atoms with E-state index in [1.54, 1.807) is 32.2 Å². The van der Waals surface area contributed by atoms with Gasteiger partial charge in [-0.3, -0.25) is 9.59 Å². The second-order valence-electron chi connectivity index (χ2n) is 11.3. The third-order valence-corrected chi connectivity index (χ3v) is 11.6. The van der Waals surface area contributed by atoms with Crippen LogP contribution in [0.25, 0.3) is 0 Å². The number of nitrogens with zero attached hydrogens (tertiary/aromatic N) is 2. The van der Waals surface area contributed by atoms with Gasteiger partial charge in [0.25, 0.3) is 0 Å². The average Bonchev–Trinajstić information content (AvgIpc) is 3.79. The van der Waals surface area contributed by atoms with E-state index in [1.165, 1.54) is 11.4 Å². The number of hydrogen-bond donors (Lipinski definition) is 0. The number of likely N-dealkylation sites (tertiary alicyclic amines) is 1. The fourth-order valence-corrected chi connectivity index (χ4v) is 7.93. The smallest absolute Gasteiger partial charge is 0.309 e. The van der Waals surface area contributed by atoms with Gasteiger partial charge in [0.15, 0.2) is 0 Å². The lowest BCUT2D eigenvalue weighted by Crippen LogP contribution is -2.60. The van der Waals surface area contributed by atoms with Crippen molar-refractivity contribution >= 4 is 45.1 Å². The van der Waals surface area contributed by atoms with Crippen LogP contribution in [-0.2, 0) is 24.3 Å². The maximum atomic E-state index is 14.7. The number of carbonyl (C=O) groups excluding carboxylic acids is 2. The molecule has 218 valence electrons. The molecule has 0 spiro atoms. The molecule has 1 saturated carbocycles. The van der Waals surface area contributed by atoms with Crippen LogP contribution >= 0.6 is 23.2 Å². The predicted octanol–water partition coefficient (Wildman–Crippen LogP) is 6.07. The zero-order chi connectivity index (χ0) is 29.4. The third kappa shape index (κ3) is 5.91. The summed E-state index contributed by atoms with van der Waals surface area (Å²) in [5.41, 5.74) is 0.702. The first-order valence-electron chi connectivity index (χ1n) is 13.7. The van der Waals surface area contributed by atoms with E-state index < -0.39 is 39.4 Å². The molecule has 0 radical (unpaired) electrons. The molecular weight excluding hydrogens is 571 g/mol. The predicted molar refractivity (Wildman–Crippen MR) is 158 cm³/mol. The molecule has 0 N–H and O–H groups in total. The van der Waals surface area contributed by atoms with Crippen LogP contribution in [-0.4, -0.2) is 61.5 Å². The van der Waals surface area contributed by atoms with Crippen LogP contribution in [0.3, 0.4) is 0 Å². The molecule has 2 unspecified atom stereocenters. The first-order valence-corrected chi connectivity index (χ1v) is 16.0. The molecule has 1 heterocycles. The summed E-state index contributed by atoms with van der Waals surface area (Å²) in [6.45, 7) is 5.65. The molecule has 1 aliphatic carbocycles. The van der Waals surface area contributed by atoms with Crippen molar-refractivity contribution in [3.63, 3.8) is 0 Å². The highest BCUT2D eigenvalue weighted by Crippen LogP contribution is 2.53. The van der Waals surface area contributed by atoms with Crippen LogP contribution in [0.4, 0.5) is 0 Å². The summed E-state index contributed by atoms with van der Waals surface area (Å²) in [6, 6.07) is 14.1. The Hall–Kier alpha value is -2.13. The van der Waals surface area contributed by atoms with Gasteiger partial charge in [-0.25, -0.2) is 12.7 Å². The number of halogens is 2. The number of carbonyl (C=O) groups is 2. The van der Waals surface area contributed by atoms with Gasteiger partial charge in [0, 0.05) is 35.6 Å². The number of rotatable bonds is 10. The van der Waals surface area contributed by atoms with E-state index >= 15 is 0 Å². The number of ether oxygens (including phenoxy) is 1. The van der Waals surface area contributed by atoms with Crippen LogP contribution < -0.4 is 0 Å². The molecule has 2 aliphatic rings. The summed E-state index contributed by atoms with van der Waals surface area (Å²) >= 11 is 12.7. The van der Waals surface area contributed by atoms with Crippen LogP contribution in [0, 0.1) is 11.3 Å². The van der Waals surface area contributed by atoms with Gasteiger partial charge in [-0.2, -0.15) is 0 Å². The molecule has 1 aliphatic heterocycles. The molecule has 2 fully saturated rings. The molecule has 0 aromatic heterocycles. The molecule has 7 nitrogen and oxygen atoms in total. The maximum absolute atomic E-state index is 14.7. The Morgan fingerprint density at radius 3 is 2.33 bits per heavy atom. The van der Waals surface area contributed by atoms with E-state index in [0.717, 1.165) is 11.1 Å². The topological polar surface area (TPSA) is 84.0 Å². The summed E-state index contributed by atoms with van der Waals surface area (Å²) in [4.78, 5) is 29.4. The standard InChI is InChI=1S/C30H38Cl2N2O5S/c1-6-24(18-33(4)40(37,38)25-14-15-25)34-27(20-10-12-22(31)13-11-20)26(21-8-7-9-23(32)16-21)17-30(3,29(34)36)19(2)28(35)39-5/h7-13,16,19,24-27H,6,14-15,17-18H2,1-5H3/t19?,24-,26+,27?,30+/m0/s1. The summed E-state index contributed by atoms with van der Waals surface area (Å²) in [7, 11) is -0.548. The zero-order valence-electron chi connectivity index (χ0n) is 23.6. The largest absolute Gasteiger partial charge is 0.469 e. The van der Waals surface area contributed by atoms with Crippen molar-refractivity contribution < 1.29 is 22.7 Å². The Balaban J connectivity index is 1.89. The number of hydrogen-bond acceptors (Lipinski definition) is 5. The number of benzene rings is 2. The third-order valence-electron chi connectivity index (χ3n) is 8.76. The van der Waals surface area contributed by atoms with Gasteiger partial charge in [-0.1, -0.05) is 61.3 Å². The highest BCUT2D eigenvalue weighted by molar-refractivity contribution is 7.90. The molecule has 0 bridgehead atoms. The minimum absolute atomic E-state index is 0.149. The van der Waals surface area contributed by atoms with Crippen molar-refractivity contribution in [2.75, 3.05) is 20.7 Å². The summed E-state index contributed by atoms with van der Waals surface area (Å²) in [5, 5.41) is 0.784. The van der Waals surface area contributed by atoms with Gasteiger partial charge in [-0.05, 0) is 68.0 Å². The SMILES string of the molecule is CC[C@@H](CN(C)S(=O)(=O)C1CC1)N1C(=O)[C@@](C)(C(C)C(=O)OC)C[C@H](c2cccc(Cl)c2)C1c1ccc(Cl)cc1. The molecule has 10 heteroatoms. The first-order chi connectivity index (χ1) is 18.8. The second kappa shape index (κ2) is 12.0. The van der Waals surface area contributed by atoms with Crippen molar-refractivity contribution in [2.45, 2.75) is 69.7 Å². The number of amides is 1. The van der Waals surface area contributed by atoms with Gasteiger partial charge in [0.2, 0.25) is 15.9 Å². The zero-order valence-corrected chi connectivity index (χ0v) is 26.0. The number of likely N-dealkylation sites (N-methyl/N-ethyl adjacent to an activating group) is 1. The normalized spacial score (nSPS) is 25.1. The quantitative estimate of drug-likeness (QED) is 0.306. The Bertz CT molecular complexity index is 1350. The fraction of sp³-hybridized carbons (Fsp3) is 0.533. The van der Waals surface area contributed by atoms with Crippen LogP contribution in [0.15, 0.2) is 48.5 Å². The van der Waals surface area contributed by atoms with E-state index in [4.69, 9.17) is 27.9 Å². The molecule has 2 aromatic carbocycles. The van der Waals surface area contributed by atoms with Crippen molar-refractivity contribution in [3.8, 4) is 0 Å². The van der Waals surface area contributed by atoms with Crippen LogP contribution in [0.1, 0.15) is 69.5 Å². The molecule has 40 heavy (non-hydrogen) atoms. The Labute approximate surface area is 247 Å². The lowest BCUT2D eigenvalue weighted by atomic mass is 9.63. The molecule has 1 amide bonds. The Morgan fingerprint density at radius 2 is 1.77 bits per heavy atom. The Morgan fingerprint density at radius 1 is 1.12 bits per heavy atom. The lowest BCUT2D eigenvalue weighted by Gasteiger charge is -2.53. The van der Waals surface area contributed by atoms with Crippen molar-refractivity contribution in [3.05, 3.63) is 69.7 Å². The van der Waals surface area contributed by atoms with Crippen molar-refractivity contribution in [1.82, 2.24) is 9.21 Å². The van der Waals surface area contributed by atoms with Crippen molar-refractivity contribution in [2.24, 2.45) is 11.3 Å². The highest BCUT2D eigenvalue weighted by atomic mass is 35.5. The summed E-state index contributed by atoms with van der Waals surface area (Å²) in [5.74, 6) is -1.64. The van der Waals surface area contributed by atoms with Gasteiger partial charge < -0.3 is 9.64 Å². The molecule has 4 rings (SSSR count). The van der Waals surface area contributed by atoms with Crippen LogP contribution in [0.2, 0.25) is 10.0 Å². The number of piperidine rings is 1. The number of methoxy groups -OCH3 is 1.